The lowest BCUT2D eigenvalue weighted by Gasteiger charge is -2.35. The van der Waals surface area contributed by atoms with Crippen molar-refractivity contribution in [2.24, 2.45) is 0 Å². The highest BCUT2D eigenvalue weighted by Gasteiger charge is 2.24. The molecule has 3 heterocycles. The van der Waals surface area contributed by atoms with Gasteiger partial charge in [-0.05, 0) is 37.1 Å². The maximum atomic E-state index is 12.9. The monoisotopic (exact) mass is 440 g/mol. The van der Waals surface area contributed by atoms with Gasteiger partial charge in [-0.2, -0.15) is 0 Å². The van der Waals surface area contributed by atoms with Crippen molar-refractivity contribution in [1.29, 1.82) is 0 Å². The molecule has 8 heteroatoms. The Labute approximate surface area is 186 Å². The SMILES string of the molecule is CCc1cc2c(N3CCN(C(=O)Cc4ccc(OC)c(OC)c4)CC3)nc(C)nc2s1. The third-order valence-electron chi connectivity index (χ3n) is 5.62. The summed E-state index contributed by atoms with van der Waals surface area (Å²) in [6.07, 6.45) is 1.35. The molecule has 0 radical (unpaired) electrons. The maximum Gasteiger partial charge on any atom is 0.227 e. The van der Waals surface area contributed by atoms with E-state index in [1.165, 1.54) is 4.88 Å². The van der Waals surface area contributed by atoms with Crippen molar-refractivity contribution < 1.29 is 14.3 Å². The standard InChI is InChI=1S/C23H28N4O3S/c1-5-17-14-18-22(24-15(2)25-23(18)31-17)27-10-8-26(9-11-27)21(28)13-16-6-7-19(29-3)20(12-16)30-4/h6-7,12,14H,5,8-11,13H2,1-4H3. The number of hydrogen-bond acceptors (Lipinski definition) is 7. The molecular weight excluding hydrogens is 412 g/mol. The topological polar surface area (TPSA) is 67.8 Å². The summed E-state index contributed by atoms with van der Waals surface area (Å²) < 4.78 is 10.6. The number of amides is 1. The zero-order valence-corrected chi connectivity index (χ0v) is 19.3. The number of piperazine rings is 1. The number of carbonyl (C=O) groups is 1. The van der Waals surface area contributed by atoms with E-state index in [2.05, 4.69) is 22.9 Å². The first-order valence-electron chi connectivity index (χ1n) is 10.5. The van der Waals surface area contributed by atoms with E-state index >= 15 is 0 Å². The average Bonchev–Trinajstić information content (AvgIpc) is 3.21. The van der Waals surface area contributed by atoms with E-state index in [1.54, 1.807) is 25.6 Å². The number of nitrogens with zero attached hydrogens (tertiary/aromatic N) is 4. The molecule has 0 aliphatic carbocycles. The summed E-state index contributed by atoms with van der Waals surface area (Å²) in [6, 6.07) is 7.84. The van der Waals surface area contributed by atoms with E-state index in [-0.39, 0.29) is 5.91 Å². The minimum Gasteiger partial charge on any atom is -0.493 e. The van der Waals surface area contributed by atoms with Crippen molar-refractivity contribution in [1.82, 2.24) is 14.9 Å². The molecule has 0 saturated carbocycles. The minimum atomic E-state index is 0.125. The smallest absolute Gasteiger partial charge is 0.227 e. The summed E-state index contributed by atoms with van der Waals surface area (Å²) in [5.74, 6) is 3.21. The molecule has 0 N–H and O–H groups in total. The fourth-order valence-corrected chi connectivity index (χ4v) is 4.93. The van der Waals surface area contributed by atoms with E-state index < -0.39 is 0 Å². The summed E-state index contributed by atoms with van der Waals surface area (Å²) >= 11 is 1.74. The van der Waals surface area contributed by atoms with Crippen LogP contribution in [0, 0.1) is 6.92 Å². The number of aromatic nitrogens is 2. The van der Waals surface area contributed by atoms with Gasteiger partial charge >= 0.3 is 0 Å². The van der Waals surface area contributed by atoms with Crippen LogP contribution in [0.15, 0.2) is 24.3 Å². The third-order valence-corrected chi connectivity index (χ3v) is 6.79. The van der Waals surface area contributed by atoms with Crippen LogP contribution in [0.2, 0.25) is 0 Å². The Bertz CT molecular complexity index is 1090. The molecule has 3 aromatic rings. The third kappa shape index (κ3) is 4.44. The number of aryl methyl sites for hydroxylation is 2. The van der Waals surface area contributed by atoms with Crippen LogP contribution in [0.5, 0.6) is 11.5 Å². The van der Waals surface area contributed by atoms with Gasteiger partial charge in [-0.3, -0.25) is 4.79 Å². The van der Waals surface area contributed by atoms with Gasteiger partial charge < -0.3 is 19.3 Å². The zero-order valence-electron chi connectivity index (χ0n) is 18.5. The van der Waals surface area contributed by atoms with Crippen LogP contribution in [0.25, 0.3) is 10.2 Å². The predicted molar refractivity (Wildman–Crippen MR) is 124 cm³/mol. The lowest BCUT2D eigenvalue weighted by atomic mass is 10.1. The van der Waals surface area contributed by atoms with E-state index in [4.69, 9.17) is 14.5 Å². The van der Waals surface area contributed by atoms with Crippen molar-refractivity contribution in [3.8, 4) is 11.5 Å². The Hall–Kier alpha value is -2.87. The molecule has 0 unspecified atom stereocenters. The van der Waals surface area contributed by atoms with Crippen molar-refractivity contribution in [2.75, 3.05) is 45.3 Å². The molecule has 0 spiro atoms. The summed E-state index contributed by atoms with van der Waals surface area (Å²) in [5.41, 5.74) is 0.920. The van der Waals surface area contributed by atoms with E-state index in [9.17, 15) is 4.79 Å². The highest BCUT2D eigenvalue weighted by atomic mass is 32.1. The van der Waals surface area contributed by atoms with Crippen molar-refractivity contribution in [3.63, 3.8) is 0 Å². The maximum absolute atomic E-state index is 12.9. The molecule has 1 aromatic carbocycles. The number of benzene rings is 1. The van der Waals surface area contributed by atoms with Crippen molar-refractivity contribution >= 4 is 33.3 Å². The number of fused-ring (bicyclic) bond motifs is 1. The summed E-state index contributed by atoms with van der Waals surface area (Å²) in [7, 11) is 3.21. The molecule has 31 heavy (non-hydrogen) atoms. The van der Waals surface area contributed by atoms with Crippen LogP contribution in [0.3, 0.4) is 0 Å². The largest absolute Gasteiger partial charge is 0.493 e. The second-order valence-electron chi connectivity index (χ2n) is 7.61. The molecule has 1 aliphatic rings. The molecule has 0 atom stereocenters. The molecular formula is C23H28N4O3S. The Balaban J connectivity index is 1.44. The Morgan fingerprint density at radius 1 is 1.06 bits per heavy atom. The van der Waals surface area contributed by atoms with Crippen LogP contribution in [-0.2, 0) is 17.6 Å². The van der Waals surface area contributed by atoms with Crippen LogP contribution in [0.4, 0.5) is 5.82 Å². The first kappa shape index (κ1) is 21.4. The van der Waals surface area contributed by atoms with Crippen molar-refractivity contribution in [3.05, 3.63) is 40.5 Å². The van der Waals surface area contributed by atoms with Gasteiger partial charge in [0.1, 0.15) is 16.5 Å². The normalized spacial score (nSPS) is 14.2. The molecule has 1 saturated heterocycles. The number of carbonyl (C=O) groups excluding carboxylic acids is 1. The Kier molecular flexibility index (Phi) is 6.27. The molecule has 1 fully saturated rings. The Morgan fingerprint density at radius 2 is 1.81 bits per heavy atom. The number of hydrogen-bond donors (Lipinski definition) is 0. The summed E-state index contributed by atoms with van der Waals surface area (Å²) in [4.78, 5) is 28.8. The van der Waals surface area contributed by atoms with Gasteiger partial charge in [0.15, 0.2) is 11.5 Å². The summed E-state index contributed by atoms with van der Waals surface area (Å²) in [5, 5.41) is 1.12. The first-order chi connectivity index (χ1) is 15.0. The van der Waals surface area contributed by atoms with Gasteiger partial charge in [0.05, 0.1) is 26.0 Å². The number of ether oxygens (including phenoxy) is 2. The minimum absolute atomic E-state index is 0.125. The van der Waals surface area contributed by atoms with Gasteiger partial charge in [-0.1, -0.05) is 13.0 Å². The van der Waals surface area contributed by atoms with E-state index in [0.717, 1.165) is 46.9 Å². The van der Waals surface area contributed by atoms with Gasteiger partial charge in [-0.15, -0.1) is 11.3 Å². The number of methoxy groups -OCH3 is 2. The quantitative estimate of drug-likeness (QED) is 0.585. The molecule has 7 nitrogen and oxygen atoms in total. The van der Waals surface area contributed by atoms with Crippen LogP contribution >= 0.6 is 11.3 Å². The number of thiophene rings is 1. The molecule has 164 valence electrons. The zero-order chi connectivity index (χ0) is 22.0. The lowest BCUT2D eigenvalue weighted by Crippen LogP contribution is -2.49. The second kappa shape index (κ2) is 9.09. The number of rotatable bonds is 6. The van der Waals surface area contributed by atoms with Crippen molar-refractivity contribution in [2.45, 2.75) is 26.7 Å². The van der Waals surface area contributed by atoms with Gasteiger partial charge in [0.2, 0.25) is 5.91 Å². The predicted octanol–water partition coefficient (Wildman–Crippen LogP) is 3.47. The molecule has 0 bridgehead atoms. The first-order valence-corrected chi connectivity index (χ1v) is 11.3. The van der Waals surface area contributed by atoms with Crippen LogP contribution in [-0.4, -0.2) is 61.2 Å². The molecule has 2 aromatic heterocycles. The molecule has 1 amide bonds. The second-order valence-corrected chi connectivity index (χ2v) is 8.73. The molecule has 1 aliphatic heterocycles. The van der Waals surface area contributed by atoms with Gasteiger partial charge in [-0.25, -0.2) is 9.97 Å². The average molecular weight is 441 g/mol. The summed E-state index contributed by atoms with van der Waals surface area (Å²) in [6.45, 7) is 6.99. The Morgan fingerprint density at radius 3 is 2.48 bits per heavy atom. The fourth-order valence-electron chi connectivity index (χ4n) is 3.92. The van der Waals surface area contributed by atoms with Crippen LogP contribution in [0.1, 0.15) is 23.2 Å². The fraction of sp³-hybridized carbons (Fsp3) is 0.435. The number of anilines is 1. The highest BCUT2D eigenvalue weighted by molar-refractivity contribution is 7.18. The van der Waals surface area contributed by atoms with Gasteiger partial charge in [0.25, 0.3) is 0 Å². The van der Waals surface area contributed by atoms with Gasteiger partial charge in [0, 0.05) is 31.1 Å². The molecule has 4 rings (SSSR count). The van der Waals surface area contributed by atoms with E-state index in [0.29, 0.717) is 31.0 Å². The van der Waals surface area contributed by atoms with Crippen LogP contribution < -0.4 is 14.4 Å². The van der Waals surface area contributed by atoms with E-state index in [1.807, 2.05) is 30.0 Å². The lowest BCUT2D eigenvalue weighted by molar-refractivity contribution is -0.130. The highest BCUT2D eigenvalue weighted by Crippen LogP contribution is 2.32.